The molecule has 0 aliphatic rings. The summed E-state index contributed by atoms with van der Waals surface area (Å²) < 4.78 is 5.49. The number of para-hydroxylation sites is 1. The van der Waals surface area contributed by atoms with Gasteiger partial charge in [-0.2, -0.15) is 0 Å². The first-order valence-electron chi connectivity index (χ1n) is 7.94. The summed E-state index contributed by atoms with van der Waals surface area (Å²) in [7, 11) is 0. The lowest BCUT2D eigenvalue weighted by Crippen LogP contribution is -2.00. The number of phenolic OH excluding ortho intramolecular Hbond substituents is 1. The van der Waals surface area contributed by atoms with Crippen LogP contribution in [0.25, 0.3) is 6.08 Å². The molecule has 130 valence electrons. The van der Waals surface area contributed by atoms with Gasteiger partial charge < -0.3 is 9.84 Å². The lowest BCUT2D eigenvalue weighted by atomic mass is 10.1. The number of nitro groups is 1. The fourth-order valence-electron chi connectivity index (χ4n) is 2.17. The molecule has 0 radical (unpaired) electrons. The summed E-state index contributed by atoms with van der Waals surface area (Å²) in [4.78, 5) is 22.7. The summed E-state index contributed by atoms with van der Waals surface area (Å²) in [5.41, 5.74) is 0.682. The van der Waals surface area contributed by atoms with Crippen LogP contribution in [0.3, 0.4) is 0 Å². The van der Waals surface area contributed by atoms with Crippen LogP contribution in [0.5, 0.6) is 11.5 Å². The van der Waals surface area contributed by atoms with Crippen molar-refractivity contribution in [3.05, 3.63) is 69.8 Å². The molecule has 6 heteroatoms. The monoisotopic (exact) mass is 341 g/mol. The number of rotatable bonds is 8. The number of aromatic hydroxyl groups is 1. The van der Waals surface area contributed by atoms with E-state index in [-0.39, 0.29) is 28.5 Å². The zero-order valence-electron chi connectivity index (χ0n) is 13.8. The van der Waals surface area contributed by atoms with E-state index in [9.17, 15) is 20.0 Å². The topological polar surface area (TPSA) is 89.7 Å². The number of hydrogen-bond acceptors (Lipinski definition) is 5. The Morgan fingerprint density at radius 2 is 2.04 bits per heavy atom. The highest BCUT2D eigenvalue weighted by Gasteiger charge is 2.15. The molecule has 0 heterocycles. The van der Waals surface area contributed by atoms with Crippen molar-refractivity contribution in [2.45, 2.75) is 19.8 Å². The SMILES string of the molecule is CCCCOc1cc(/C=C/C(=O)c2ccccc2O)ccc1[N+](=O)[O-]. The highest BCUT2D eigenvalue weighted by atomic mass is 16.6. The van der Waals surface area contributed by atoms with Crippen LogP contribution in [-0.4, -0.2) is 22.4 Å². The van der Waals surface area contributed by atoms with Gasteiger partial charge in [-0.1, -0.05) is 31.6 Å². The Labute approximate surface area is 145 Å². The lowest BCUT2D eigenvalue weighted by molar-refractivity contribution is -0.385. The highest BCUT2D eigenvalue weighted by molar-refractivity contribution is 6.08. The molecular formula is C19H19NO5. The number of nitrogens with zero attached hydrogens (tertiary/aromatic N) is 1. The van der Waals surface area contributed by atoms with Crippen molar-refractivity contribution < 1.29 is 19.6 Å². The number of carbonyl (C=O) groups is 1. The van der Waals surface area contributed by atoms with Gasteiger partial charge in [0.2, 0.25) is 0 Å². The van der Waals surface area contributed by atoms with Crippen molar-refractivity contribution in [2.75, 3.05) is 6.61 Å². The van der Waals surface area contributed by atoms with Crippen LogP contribution in [0, 0.1) is 10.1 Å². The molecule has 0 atom stereocenters. The fraction of sp³-hybridized carbons (Fsp3) is 0.211. The molecule has 2 rings (SSSR count). The minimum Gasteiger partial charge on any atom is -0.507 e. The third-order valence-corrected chi connectivity index (χ3v) is 3.53. The first-order chi connectivity index (χ1) is 12.0. The second kappa shape index (κ2) is 8.63. The van der Waals surface area contributed by atoms with Crippen molar-refractivity contribution in [2.24, 2.45) is 0 Å². The minimum absolute atomic E-state index is 0.0931. The van der Waals surface area contributed by atoms with Crippen molar-refractivity contribution in [1.82, 2.24) is 0 Å². The Morgan fingerprint density at radius 3 is 2.72 bits per heavy atom. The van der Waals surface area contributed by atoms with Crippen LogP contribution in [-0.2, 0) is 0 Å². The summed E-state index contributed by atoms with van der Waals surface area (Å²) in [6, 6.07) is 10.7. The van der Waals surface area contributed by atoms with E-state index in [4.69, 9.17) is 4.74 Å². The van der Waals surface area contributed by atoms with Crippen molar-refractivity contribution in [1.29, 1.82) is 0 Å². The molecular weight excluding hydrogens is 322 g/mol. The van der Waals surface area contributed by atoms with Gasteiger partial charge in [0.25, 0.3) is 0 Å². The predicted molar refractivity (Wildman–Crippen MR) is 95.0 cm³/mol. The van der Waals surface area contributed by atoms with Crippen molar-refractivity contribution in [3.8, 4) is 11.5 Å². The quantitative estimate of drug-likeness (QED) is 0.253. The van der Waals surface area contributed by atoms with Crippen molar-refractivity contribution in [3.63, 3.8) is 0 Å². The van der Waals surface area contributed by atoms with E-state index < -0.39 is 4.92 Å². The van der Waals surface area contributed by atoms with Gasteiger partial charge in [-0.25, -0.2) is 0 Å². The van der Waals surface area contributed by atoms with Gasteiger partial charge in [0.1, 0.15) is 5.75 Å². The lowest BCUT2D eigenvalue weighted by Gasteiger charge is -2.07. The van der Waals surface area contributed by atoms with E-state index in [0.29, 0.717) is 12.2 Å². The summed E-state index contributed by atoms with van der Waals surface area (Å²) in [6.07, 6.45) is 4.56. The standard InChI is InChI=1S/C19H19NO5/c1-2-3-12-25-19-13-14(8-10-16(19)20(23)24)9-11-18(22)15-6-4-5-7-17(15)21/h4-11,13,21H,2-3,12H2,1H3/b11-9+. The van der Waals surface area contributed by atoms with Crippen LogP contribution in [0.15, 0.2) is 48.5 Å². The van der Waals surface area contributed by atoms with Gasteiger partial charge in [-0.15, -0.1) is 0 Å². The second-order valence-electron chi connectivity index (χ2n) is 5.40. The third-order valence-electron chi connectivity index (χ3n) is 3.53. The number of benzene rings is 2. The normalized spacial score (nSPS) is 10.8. The molecule has 0 fully saturated rings. The summed E-state index contributed by atoms with van der Waals surface area (Å²) in [5.74, 6) is -0.273. The summed E-state index contributed by atoms with van der Waals surface area (Å²) in [6.45, 7) is 2.39. The molecule has 2 aromatic rings. The van der Waals surface area contributed by atoms with E-state index in [1.54, 1.807) is 18.2 Å². The molecule has 0 bridgehead atoms. The van der Waals surface area contributed by atoms with E-state index in [2.05, 4.69) is 0 Å². The smallest absolute Gasteiger partial charge is 0.310 e. The molecule has 0 saturated carbocycles. The van der Waals surface area contributed by atoms with Crippen LogP contribution in [0.4, 0.5) is 5.69 Å². The van der Waals surface area contributed by atoms with Crippen molar-refractivity contribution >= 4 is 17.5 Å². The van der Waals surface area contributed by atoms with Gasteiger partial charge in [-0.3, -0.25) is 14.9 Å². The molecule has 0 amide bonds. The number of ketones is 1. The Balaban J connectivity index is 2.21. The number of phenols is 1. The van der Waals surface area contributed by atoms with Crippen LogP contribution >= 0.6 is 0 Å². The molecule has 0 spiro atoms. The van der Waals surface area contributed by atoms with Crippen LogP contribution in [0.2, 0.25) is 0 Å². The Hall–Kier alpha value is -3.15. The molecule has 0 saturated heterocycles. The van der Waals surface area contributed by atoms with E-state index in [1.807, 2.05) is 6.92 Å². The van der Waals surface area contributed by atoms with Gasteiger partial charge >= 0.3 is 5.69 Å². The molecule has 0 aliphatic heterocycles. The Kier molecular flexibility index (Phi) is 6.28. The number of allylic oxidation sites excluding steroid dienone is 1. The van der Waals surface area contributed by atoms with Gasteiger partial charge in [0.05, 0.1) is 17.1 Å². The zero-order chi connectivity index (χ0) is 18.2. The van der Waals surface area contributed by atoms with Gasteiger partial charge in [0.15, 0.2) is 11.5 Å². The molecule has 0 unspecified atom stereocenters. The average molecular weight is 341 g/mol. The number of unbranched alkanes of at least 4 members (excludes halogenated alkanes) is 1. The molecule has 0 aromatic heterocycles. The number of nitro benzene ring substituents is 1. The van der Waals surface area contributed by atoms with Crippen LogP contribution in [0.1, 0.15) is 35.7 Å². The Bertz CT molecular complexity index is 798. The Morgan fingerprint density at radius 1 is 1.28 bits per heavy atom. The maximum Gasteiger partial charge on any atom is 0.310 e. The first-order valence-corrected chi connectivity index (χ1v) is 7.94. The molecule has 0 aliphatic carbocycles. The third kappa shape index (κ3) is 4.91. The maximum atomic E-state index is 12.1. The second-order valence-corrected chi connectivity index (χ2v) is 5.40. The predicted octanol–water partition coefficient (Wildman–Crippen LogP) is 4.38. The number of ether oxygens (including phenoxy) is 1. The van der Waals surface area contributed by atoms with E-state index in [1.165, 1.54) is 36.4 Å². The maximum absolute atomic E-state index is 12.1. The average Bonchev–Trinajstić information content (AvgIpc) is 2.60. The fourth-order valence-corrected chi connectivity index (χ4v) is 2.17. The molecule has 6 nitrogen and oxygen atoms in total. The molecule has 2 aromatic carbocycles. The van der Waals surface area contributed by atoms with Gasteiger partial charge in [0, 0.05) is 6.07 Å². The zero-order valence-corrected chi connectivity index (χ0v) is 13.8. The highest BCUT2D eigenvalue weighted by Crippen LogP contribution is 2.29. The number of hydrogen-bond donors (Lipinski definition) is 1. The van der Waals surface area contributed by atoms with E-state index >= 15 is 0 Å². The number of carbonyl (C=O) groups excluding carboxylic acids is 1. The molecule has 1 N–H and O–H groups in total. The summed E-state index contributed by atoms with van der Waals surface area (Å²) in [5, 5.41) is 20.8. The van der Waals surface area contributed by atoms with Gasteiger partial charge in [-0.05, 0) is 42.3 Å². The van der Waals surface area contributed by atoms with Crippen LogP contribution < -0.4 is 4.74 Å². The largest absolute Gasteiger partial charge is 0.507 e. The summed E-state index contributed by atoms with van der Waals surface area (Å²) >= 11 is 0. The first kappa shape index (κ1) is 18.2. The van der Waals surface area contributed by atoms with E-state index in [0.717, 1.165) is 12.8 Å². The molecule has 25 heavy (non-hydrogen) atoms. The minimum atomic E-state index is -0.498.